The van der Waals surface area contributed by atoms with E-state index in [4.69, 9.17) is 0 Å². The second-order valence-corrected chi connectivity index (χ2v) is 7.13. The molecule has 2 aliphatic carbocycles. The maximum Gasteiger partial charge on any atom is 0.259 e. The molecule has 28 heavy (non-hydrogen) atoms. The number of allylic oxidation sites excluding steroid dienone is 4. The molecule has 0 saturated heterocycles. The molecule has 1 fully saturated rings. The summed E-state index contributed by atoms with van der Waals surface area (Å²) in [5, 5.41) is 10.1. The van der Waals surface area contributed by atoms with Crippen molar-refractivity contribution in [1.82, 2.24) is 20.4 Å². The standard InChI is InChI=1S/C22H26N4O2/c1-5-11-26-20(6-2)18(13-23-26)22(28)25-19-12-17(8-7-14(19)3)15(4)24-21(27)16-9-10-16/h5-7,11-13,16-17H,2,4,8-10H2,1,3H3,(H,24,27)(H,25,28)/b11-5-. The van der Waals surface area contributed by atoms with E-state index >= 15 is 0 Å². The van der Waals surface area contributed by atoms with Gasteiger partial charge in [0, 0.05) is 29.4 Å². The van der Waals surface area contributed by atoms with Gasteiger partial charge in [0.1, 0.15) is 0 Å². The predicted octanol–water partition coefficient (Wildman–Crippen LogP) is 3.64. The van der Waals surface area contributed by atoms with Crippen molar-refractivity contribution in [3.63, 3.8) is 0 Å². The second kappa shape index (κ2) is 8.25. The Bertz CT molecular complexity index is 913. The van der Waals surface area contributed by atoms with Crippen LogP contribution in [-0.2, 0) is 4.79 Å². The largest absolute Gasteiger partial charge is 0.330 e. The Balaban J connectivity index is 1.74. The number of amides is 2. The van der Waals surface area contributed by atoms with Gasteiger partial charge < -0.3 is 10.6 Å². The van der Waals surface area contributed by atoms with Gasteiger partial charge in [0.15, 0.2) is 0 Å². The molecule has 1 aromatic heterocycles. The van der Waals surface area contributed by atoms with Gasteiger partial charge in [-0.2, -0.15) is 5.10 Å². The monoisotopic (exact) mass is 378 g/mol. The van der Waals surface area contributed by atoms with Gasteiger partial charge in [0.2, 0.25) is 5.91 Å². The minimum Gasteiger partial charge on any atom is -0.330 e. The van der Waals surface area contributed by atoms with Crippen LogP contribution < -0.4 is 10.6 Å². The Morgan fingerprint density at radius 1 is 1.36 bits per heavy atom. The lowest BCUT2D eigenvalue weighted by Gasteiger charge is -2.23. The Labute approximate surface area is 165 Å². The lowest BCUT2D eigenvalue weighted by atomic mass is 9.92. The first-order chi connectivity index (χ1) is 13.4. The average molecular weight is 378 g/mol. The van der Waals surface area contributed by atoms with Crippen molar-refractivity contribution in [2.75, 3.05) is 0 Å². The molecule has 0 bridgehead atoms. The van der Waals surface area contributed by atoms with Crippen molar-refractivity contribution in [3.05, 3.63) is 65.8 Å². The number of hydrogen-bond donors (Lipinski definition) is 2. The molecule has 1 saturated carbocycles. The van der Waals surface area contributed by atoms with Crippen LogP contribution in [0.3, 0.4) is 0 Å². The molecule has 0 spiro atoms. The number of nitrogens with one attached hydrogen (secondary N) is 2. The first-order valence-corrected chi connectivity index (χ1v) is 9.47. The highest BCUT2D eigenvalue weighted by molar-refractivity contribution is 5.98. The maximum atomic E-state index is 12.8. The first kappa shape index (κ1) is 19.6. The zero-order valence-electron chi connectivity index (χ0n) is 16.4. The summed E-state index contributed by atoms with van der Waals surface area (Å²) in [6.45, 7) is 11.6. The summed E-state index contributed by atoms with van der Waals surface area (Å²) in [6, 6.07) is 0. The van der Waals surface area contributed by atoms with Crippen LogP contribution in [0.4, 0.5) is 0 Å². The number of hydrogen-bond acceptors (Lipinski definition) is 3. The van der Waals surface area contributed by atoms with Crippen molar-refractivity contribution in [1.29, 1.82) is 0 Å². The van der Waals surface area contributed by atoms with E-state index in [2.05, 4.69) is 28.9 Å². The molecule has 2 N–H and O–H groups in total. The van der Waals surface area contributed by atoms with Gasteiger partial charge in [0.25, 0.3) is 5.91 Å². The van der Waals surface area contributed by atoms with Crippen LogP contribution in [-0.4, -0.2) is 21.6 Å². The van der Waals surface area contributed by atoms with Crippen LogP contribution in [0.1, 0.15) is 49.2 Å². The molecule has 6 nitrogen and oxygen atoms in total. The number of carbonyl (C=O) groups excluding carboxylic acids is 2. The molecular weight excluding hydrogens is 352 g/mol. The molecule has 1 unspecified atom stereocenters. The lowest BCUT2D eigenvalue weighted by Crippen LogP contribution is -2.30. The molecule has 0 aromatic carbocycles. The summed E-state index contributed by atoms with van der Waals surface area (Å²) in [5.74, 6) is -0.127. The van der Waals surface area contributed by atoms with E-state index in [1.54, 1.807) is 17.0 Å². The van der Waals surface area contributed by atoms with Gasteiger partial charge in [-0.25, -0.2) is 4.68 Å². The number of carbonyl (C=O) groups is 2. The third-order valence-electron chi connectivity index (χ3n) is 4.96. The summed E-state index contributed by atoms with van der Waals surface area (Å²) in [4.78, 5) is 24.8. The summed E-state index contributed by atoms with van der Waals surface area (Å²) in [6.07, 6.45) is 13.4. The highest BCUT2D eigenvalue weighted by atomic mass is 16.2. The van der Waals surface area contributed by atoms with Crippen LogP contribution in [0, 0.1) is 11.8 Å². The molecular formula is C22H26N4O2. The van der Waals surface area contributed by atoms with Gasteiger partial charge in [-0.05, 0) is 44.8 Å². The highest BCUT2D eigenvalue weighted by Crippen LogP contribution is 2.30. The third kappa shape index (κ3) is 4.22. The Kier molecular flexibility index (Phi) is 5.78. The molecule has 146 valence electrons. The summed E-state index contributed by atoms with van der Waals surface area (Å²) in [7, 11) is 0. The van der Waals surface area contributed by atoms with E-state index in [0.717, 1.165) is 30.5 Å². The fraction of sp³-hybridized carbons (Fsp3) is 0.318. The SMILES string of the molecule is C=Cc1c(C(=O)NC2=CC(C(=C)NC(=O)C3CC3)CC=C2C)cnn1/C=C\C. The first-order valence-electron chi connectivity index (χ1n) is 9.47. The molecule has 2 aliphatic rings. The molecule has 0 aliphatic heterocycles. The number of nitrogens with zero attached hydrogens (tertiary/aromatic N) is 2. The fourth-order valence-corrected chi connectivity index (χ4v) is 3.10. The van der Waals surface area contributed by atoms with Gasteiger partial charge in [-0.3, -0.25) is 9.59 Å². The number of rotatable bonds is 7. The summed E-state index contributed by atoms with van der Waals surface area (Å²) >= 11 is 0. The van der Waals surface area contributed by atoms with Gasteiger partial charge in [0.05, 0.1) is 17.5 Å². The van der Waals surface area contributed by atoms with E-state index < -0.39 is 0 Å². The van der Waals surface area contributed by atoms with Crippen LogP contribution in [0.25, 0.3) is 12.3 Å². The Hall–Kier alpha value is -3.15. The fourth-order valence-electron chi connectivity index (χ4n) is 3.10. The van der Waals surface area contributed by atoms with Crippen LogP contribution in [0.15, 0.2) is 54.5 Å². The van der Waals surface area contributed by atoms with E-state index in [0.29, 0.717) is 17.0 Å². The van der Waals surface area contributed by atoms with Crippen molar-refractivity contribution in [2.45, 2.75) is 33.1 Å². The van der Waals surface area contributed by atoms with Crippen LogP contribution in [0.2, 0.25) is 0 Å². The molecule has 1 heterocycles. The molecule has 0 radical (unpaired) electrons. The lowest BCUT2D eigenvalue weighted by molar-refractivity contribution is -0.121. The van der Waals surface area contributed by atoms with E-state index in [9.17, 15) is 9.59 Å². The quantitative estimate of drug-likeness (QED) is 0.761. The molecule has 1 aromatic rings. The van der Waals surface area contributed by atoms with Gasteiger partial charge in [-0.15, -0.1) is 0 Å². The zero-order chi connectivity index (χ0) is 20.3. The zero-order valence-corrected chi connectivity index (χ0v) is 16.4. The van der Waals surface area contributed by atoms with Crippen molar-refractivity contribution < 1.29 is 9.59 Å². The van der Waals surface area contributed by atoms with Crippen LogP contribution >= 0.6 is 0 Å². The minimum atomic E-state index is -0.252. The summed E-state index contributed by atoms with van der Waals surface area (Å²) < 4.78 is 1.61. The van der Waals surface area contributed by atoms with E-state index in [1.165, 1.54) is 6.20 Å². The molecule has 6 heteroatoms. The molecule has 2 amide bonds. The third-order valence-corrected chi connectivity index (χ3v) is 4.96. The van der Waals surface area contributed by atoms with Crippen molar-refractivity contribution >= 4 is 24.1 Å². The highest BCUT2D eigenvalue weighted by Gasteiger charge is 2.30. The molecule has 3 rings (SSSR count). The van der Waals surface area contributed by atoms with Crippen LogP contribution in [0.5, 0.6) is 0 Å². The maximum absolute atomic E-state index is 12.8. The van der Waals surface area contributed by atoms with Crippen molar-refractivity contribution in [2.24, 2.45) is 11.8 Å². The summed E-state index contributed by atoms with van der Waals surface area (Å²) in [5.41, 5.74) is 3.44. The minimum absolute atomic E-state index is 0.0438. The predicted molar refractivity (Wildman–Crippen MR) is 111 cm³/mol. The number of aromatic nitrogens is 2. The molecule has 1 atom stereocenters. The average Bonchev–Trinajstić information content (AvgIpc) is 3.44. The topological polar surface area (TPSA) is 76.0 Å². The normalized spacial score (nSPS) is 19.0. The van der Waals surface area contributed by atoms with Crippen molar-refractivity contribution in [3.8, 4) is 0 Å². The Morgan fingerprint density at radius 2 is 2.11 bits per heavy atom. The van der Waals surface area contributed by atoms with E-state index in [-0.39, 0.29) is 23.7 Å². The van der Waals surface area contributed by atoms with Gasteiger partial charge >= 0.3 is 0 Å². The smallest absolute Gasteiger partial charge is 0.259 e. The van der Waals surface area contributed by atoms with E-state index in [1.807, 2.05) is 32.1 Å². The van der Waals surface area contributed by atoms with Gasteiger partial charge in [-0.1, -0.05) is 31.4 Å². The Morgan fingerprint density at radius 3 is 2.75 bits per heavy atom. The second-order valence-electron chi connectivity index (χ2n) is 7.13.